The summed E-state index contributed by atoms with van der Waals surface area (Å²) in [5, 5.41) is 0. The van der Waals surface area contributed by atoms with Crippen LogP contribution >= 0.6 is 0 Å². The second kappa shape index (κ2) is 4.05. The topological polar surface area (TPSA) is 48.1 Å². The molecule has 60 valence electrons. The Morgan fingerprint density at radius 3 is 3.00 bits per heavy atom. The lowest BCUT2D eigenvalue weighted by Gasteiger charge is -2.05. The Morgan fingerprint density at radius 1 is 1.64 bits per heavy atom. The lowest BCUT2D eigenvalue weighted by atomic mass is 10.4. The molecule has 2 N–H and O–H groups in total. The zero-order chi connectivity index (χ0) is 8.10. The first-order valence-electron chi connectivity index (χ1n) is 3.56. The Labute approximate surface area is 66.2 Å². The molecule has 0 radical (unpaired) electrons. The van der Waals surface area contributed by atoms with Gasteiger partial charge in [-0.05, 0) is 19.1 Å². The van der Waals surface area contributed by atoms with E-state index in [-0.39, 0.29) is 6.23 Å². The van der Waals surface area contributed by atoms with Crippen LogP contribution in [-0.4, -0.2) is 11.2 Å². The van der Waals surface area contributed by atoms with Crippen LogP contribution in [0.15, 0.2) is 24.4 Å². The Balaban J connectivity index is 2.39. The third kappa shape index (κ3) is 3.11. The van der Waals surface area contributed by atoms with Crippen molar-refractivity contribution in [3.05, 3.63) is 30.1 Å². The summed E-state index contributed by atoms with van der Waals surface area (Å²) in [4.78, 5) is 4.07. The number of nitrogens with two attached hydrogens (primary N) is 1. The third-order valence-electron chi connectivity index (χ3n) is 1.22. The standard InChI is InChI=1S/C8H12N2O/c1-7(9)11-6-8-4-2-3-5-10-8/h2-5,7H,6,9H2,1H3/t7-/m0/s1. The van der Waals surface area contributed by atoms with Crippen LogP contribution in [0.4, 0.5) is 0 Å². The summed E-state index contributed by atoms with van der Waals surface area (Å²) in [6.07, 6.45) is 1.51. The molecule has 0 aliphatic rings. The van der Waals surface area contributed by atoms with Gasteiger partial charge >= 0.3 is 0 Å². The van der Waals surface area contributed by atoms with Crippen LogP contribution in [0.25, 0.3) is 0 Å². The molecule has 1 aromatic heterocycles. The number of rotatable bonds is 3. The van der Waals surface area contributed by atoms with Crippen molar-refractivity contribution in [1.29, 1.82) is 0 Å². The number of ether oxygens (including phenoxy) is 1. The maximum atomic E-state index is 5.39. The fourth-order valence-electron chi connectivity index (χ4n) is 0.700. The smallest absolute Gasteiger partial charge is 0.103 e. The van der Waals surface area contributed by atoms with E-state index in [1.54, 1.807) is 13.1 Å². The molecular formula is C8H12N2O. The highest BCUT2D eigenvalue weighted by Gasteiger charge is 1.94. The van der Waals surface area contributed by atoms with Gasteiger partial charge in [0.25, 0.3) is 0 Å². The summed E-state index contributed by atoms with van der Waals surface area (Å²) >= 11 is 0. The fraction of sp³-hybridized carbons (Fsp3) is 0.375. The minimum Gasteiger partial charge on any atom is -0.358 e. The summed E-state index contributed by atoms with van der Waals surface area (Å²) < 4.78 is 5.14. The van der Waals surface area contributed by atoms with E-state index in [0.29, 0.717) is 6.61 Å². The lowest BCUT2D eigenvalue weighted by Crippen LogP contribution is -2.18. The molecule has 0 unspecified atom stereocenters. The van der Waals surface area contributed by atoms with Gasteiger partial charge in [-0.2, -0.15) is 0 Å². The van der Waals surface area contributed by atoms with Crippen molar-refractivity contribution >= 4 is 0 Å². The Bertz CT molecular complexity index is 199. The molecular weight excluding hydrogens is 140 g/mol. The molecule has 1 aromatic rings. The van der Waals surface area contributed by atoms with Gasteiger partial charge in [0.2, 0.25) is 0 Å². The van der Waals surface area contributed by atoms with Gasteiger partial charge < -0.3 is 10.5 Å². The van der Waals surface area contributed by atoms with E-state index in [0.717, 1.165) is 5.69 Å². The molecule has 0 spiro atoms. The van der Waals surface area contributed by atoms with Gasteiger partial charge in [-0.3, -0.25) is 4.98 Å². The van der Waals surface area contributed by atoms with Gasteiger partial charge in [0.1, 0.15) is 6.23 Å². The second-order valence-corrected chi connectivity index (χ2v) is 2.34. The Hall–Kier alpha value is -0.930. The lowest BCUT2D eigenvalue weighted by molar-refractivity contribution is 0.0556. The molecule has 0 aromatic carbocycles. The van der Waals surface area contributed by atoms with E-state index in [9.17, 15) is 0 Å². The number of pyridine rings is 1. The largest absolute Gasteiger partial charge is 0.358 e. The zero-order valence-corrected chi connectivity index (χ0v) is 6.53. The van der Waals surface area contributed by atoms with Crippen molar-refractivity contribution in [3.63, 3.8) is 0 Å². The monoisotopic (exact) mass is 152 g/mol. The summed E-state index contributed by atoms with van der Waals surface area (Å²) in [6.45, 7) is 2.28. The molecule has 3 nitrogen and oxygen atoms in total. The molecule has 1 rings (SSSR count). The minimum absolute atomic E-state index is 0.225. The Kier molecular flexibility index (Phi) is 3.01. The summed E-state index contributed by atoms with van der Waals surface area (Å²) in [7, 11) is 0. The SMILES string of the molecule is C[C@@H](N)OCc1ccccn1. The van der Waals surface area contributed by atoms with Crippen LogP contribution in [0.3, 0.4) is 0 Å². The van der Waals surface area contributed by atoms with Gasteiger partial charge in [0.15, 0.2) is 0 Å². The molecule has 0 aliphatic carbocycles. The number of nitrogens with zero attached hydrogens (tertiary/aromatic N) is 1. The van der Waals surface area contributed by atoms with Crippen molar-refractivity contribution in [2.45, 2.75) is 19.8 Å². The van der Waals surface area contributed by atoms with E-state index in [2.05, 4.69) is 4.98 Å². The number of aromatic nitrogens is 1. The molecule has 0 aliphatic heterocycles. The van der Waals surface area contributed by atoms with E-state index in [1.807, 2.05) is 18.2 Å². The summed E-state index contributed by atoms with van der Waals surface area (Å²) in [5.74, 6) is 0. The van der Waals surface area contributed by atoms with Crippen molar-refractivity contribution in [2.75, 3.05) is 0 Å². The molecule has 0 fully saturated rings. The van der Waals surface area contributed by atoms with Crippen LogP contribution in [0.1, 0.15) is 12.6 Å². The van der Waals surface area contributed by atoms with Crippen LogP contribution < -0.4 is 5.73 Å². The van der Waals surface area contributed by atoms with Gasteiger partial charge in [0, 0.05) is 6.20 Å². The summed E-state index contributed by atoms with van der Waals surface area (Å²) in [5.41, 5.74) is 6.30. The quantitative estimate of drug-likeness (QED) is 0.655. The Morgan fingerprint density at radius 2 is 2.45 bits per heavy atom. The van der Waals surface area contributed by atoms with Gasteiger partial charge in [-0.15, -0.1) is 0 Å². The van der Waals surface area contributed by atoms with Crippen LogP contribution in [-0.2, 0) is 11.3 Å². The molecule has 0 amide bonds. The molecule has 0 bridgehead atoms. The van der Waals surface area contributed by atoms with E-state index in [1.165, 1.54) is 0 Å². The predicted octanol–water partition coefficient (Wildman–Crippen LogP) is 0.903. The molecule has 0 saturated carbocycles. The molecule has 1 atom stereocenters. The molecule has 3 heteroatoms. The van der Waals surface area contributed by atoms with Crippen molar-refractivity contribution in [2.24, 2.45) is 5.73 Å². The average molecular weight is 152 g/mol. The average Bonchev–Trinajstić information content (AvgIpc) is 2.03. The van der Waals surface area contributed by atoms with Crippen LogP contribution in [0, 0.1) is 0 Å². The van der Waals surface area contributed by atoms with Crippen LogP contribution in [0.2, 0.25) is 0 Å². The number of hydrogen-bond donors (Lipinski definition) is 1. The fourth-order valence-corrected chi connectivity index (χ4v) is 0.700. The second-order valence-electron chi connectivity index (χ2n) is 2.34. The highest BCUT2D eigenvalue weighted by atomic mass is 16.5. The van der Waals surface area contributed by atoms with Crippen molar-refractivity contribution < 1.29 is 4.74 Å². The predicted molar refractivity (Wildman–Crippen MR) is 42.7 cm³/mol. The molecule has 0 saturated heterocycles. The first-order chi connectivity index (χ1) is 5.29. The van der Waals surface area contributed by atoms with E-state index in [4.69, 9.17) is 10.5 Å². The first kappa shape index (κ1) is 8.17. The first-order valence-corrected chi connectivity index (χ1v) is 3.56. The zero-order valence-electron chi connectivity index (χ0n) is 6.53. The normalized spacial score (nSPS) is 12.9. The third-order valence-corrected chi connectivity index (χ3v) is 1.22. The highest BCUT2D eigenvalue weighted by Crippen LogP contribution is 1.96. The number of hydrogen-bond acceptors (Lipinski definition) is 3. The van der Waals surface area contributed by atoms with Crippen molar-refractivity contribution in [3.8, 4) is 0 Å². The van der Waals surface area contributed by atoms with E-state index >= 15 is 0 Å². The van der Waals surface area contributed by atoms with Gasteiger partial charge in [-0.1, -0.05) is 6.07 Å². The van der Waals surface area contributed by atoms with E-state index < -0.39 is 0 Å². The molecule has 11 heavy (non-hydrogen) atoms. The van der Waals surface area contributed by atoms with Crippen molar-refractivity contribution in [1.82, 2.24) is 4.98 Å². The minimum atomic E-state index is -0.225. The highest BCUT2D eigenvalue weighted by molar-refractivity contribution is 5.01. The molecule has 1 heterocycles. The van der Waals surface area contributed by atoms with Gasteiger partial charge in [-0.25, -0.2) is 0 Å². The maximum Gasteiger partial charge on any atom is 0.103 e. The van der Waals surface area contributed by atoms with Gasteiger partial charge in [0.05, 0.1) is 12.3 Å². The summed E-state index contributed by atoms with van der Waals surface area (Å²) in [6, 6.07) is 5.70. The van der Waals surface area contributed by atoms with Crippen LogP contribution in [0.5, 0.6) is 0 Å². The maximum absolute atomic E-state index is 5.39.